The zero-order valence-electron chi connectivity index (χ0n) is 27.4. The zero-order valence-corrected chi connectivity index (χ0v) is 27.4. The number of carbonyl (C=O) groups is 5. The zero-order chi connectivity index (χ0) is 36.1. The van der Waals surface area contributed by atoms with Crippen molar-refractivity contribution in [3.63, 3.8) is 0 Å². The Morgan fingerprint density at radius 3 is 1.92 bits per heavy atom. The lowest BCUT2D eigenvalue weighted by molar-refractivity contribution is -0.962. The number of nitrogens with zero attached hydrogens (tertiary/aromatic N) is 3. The lowest BCUT2D eigenvalue weighted by Gasteiger charge is -2.65. The molecule has 8 N–H and O–H groups in total. The third kappa shape index (κ3) is 8.04. The molecular weight excluding hydrogens is 644 g/mol. The summed E-state index contributed by atoms with van der Waals surface area (Å²) in [6.07, 6.45) is 6.65. The van der Waals surface area contributed by atoms with E-state index in [4.69, 9.17) is 30.6 Å². The highest BCUT2D eigenvalue weighted by Crippen LogP contribution is 2.61. The Hall–Kier alpha value is -4.51. The van der Waals surface area contributed by atoms with Crippen LogP contribution in [0, 0.1) is 0 Å². The minimum Gasteiger partial charge on any atom is -0.507 e. The van der Waals surface area contributed by atoms with Crippen LogP contribution in [0.4, 0.5) is 0 Å². The smallest absolute Gasteiger partial charge is 0.317 e. The van der Waals surface area contributed by atoms with E-state index in [1.807, 2.05) is 18.2 Å². The minimum absolute atomic E-state index is 0.00739. The second-order valence-electron chi connectivity index (χ2n) is 13.5. The highest BCUT2D eigenvalue weighted by atomic mass is 16.4. The van der Waals surface area contributed by atoms with E-state index in [9.17, 15) is 34.2 Å². The van der Waals surface area contributed by atoms with Gasteiger partial charge in [-0.3, -0.25) is 33.8 Å². The van der Waals surface area contributed by atoms with Gasteiger partial charge in [-0.25, -0.2) is 0 Å². The number of aliphatic hydroxyl groups is 1. The minimum atomic E-state index is -1.23. The van der Waals surface area contributed by atoms with Gasteiger partial charge >= 0.3 is 23.9 Å². The molecule has 0 spiro atoms. The van der Waals surface area contributed by atoms with E-state index >= 15 is 0 Å². The van der Waals surface area contributed by atoms with Gasteiger partial charge in [0.05, 0.1) is 51.6 Å². The molecule has 268 valence electrons. The molecule has 2 heterocycles. The first-order chi connectivity index (χ1) is 23.0. The normalized spacial score (nSPS) is 25.4. The molecule has 49 heavy (non-hydrogen) atoms. The van der Waals surface area contributed by atoms with Crippen molar-refractivity contribution < 1.29 is 63.5 Å². The molecule has 16 nitrogen and oxygen atoms in total. The molecule has 1 aliphatic heterocycles. The summed E-state index contributed by atoms with van der Waals surface area (Å²) in [6, 6.07) is 7.48. The summed E-state index contributed by atoms with van der Waals surface area (Å²) in [4.78, 5) is 56.2. The number of fused-ring (bicyclic) bond motifs is 1. The molecular formula is C33H45N4O12+. The number of carboxylic acid groups (broad SMARTS) is 4. The predicted octanol–water partition coefficient (Wildman–Crippen LogP) is 0.531. The van der Waals surface area contributed by atoms with Gasteiger partial charge in [0.25, 0.3) is 5.91 Å². The number of phenols is 1. The number of likely N-dealkylation sites (tertiary alicyclic amines) is 1. The number of hydrogen-bond acceptors (Lipinski definition) is 10. The van der Waals surface area contributed by atoms with E-state index in [0.717, 1.165) is 65.5 Å². The molecule has 2 fully saturated rings. The summed E-state index contributed by atoms with van der Waals surface area (Å²) >= 11 is 0. The summed E-state index contributed by atoms with van der Waals surface area (Å²) < 4.78 is 6.36. The predicted molar refractivity (Wildman–Crippen MR) is 171 cm³/mol. The number of rotatable bonds is 14. The van der Waals surface area contributed by atoms with Crippen LogP contribution < -0.4 is 5.73 Å². The van der Waals surface area contributed by atoms with Gasteiger partial charge in [-0.05, 0) is 36.6 Å². The quantitative estimate of drug-likeness (QED) is 0.134. The van der Waals surface area contributed by atoms with Crippen LogP contribution in [0.5, 0.6) is 5.75 Å². The Bertz CT molecular complexity index is 1500. The number of furan rings is 1. The van der Waals surface area contributed by atoms with Gasteiger partial charge in [0.1, 0.15) is 23.9 Å². The number of likely N-dealkylation sites (N-methyl/N-ethyl adjacent to an activating group) is 1. The fraction of sp³-hybridized carbons (Fsp3) is 0.545. The Morgan fingerprint density at radius 1 is 0.878 bits per heavy atom. The molecule has 5 rings (SSSR count). The van der Waals surface area contributed by atoms with Gasteiger partial charge in [-0.15, -0.1) is 0 Å². The SMILES string of the molecule is C[N+]1(Cc2ccco2)CC[C@]23CCCC[C@@]2(O)[C@H]1Cc1ccc(C(N)=O)c(O)c13.O=C(O)CN(CCN(CC(=O)O)CC(=O)O)CC(=O)O. The third-order valence-corrected chi connectivity index (χ3v) is 10.3. The van der Waals surface area contributed by atoms with Crippen molar-refractivity contribution >= 4 is 29.8 Å². The number of carbonyl (C=O) groups excluding carboxylic acids is 1. The van der Waals surface area contributed by atoms with Crippen LogP contribution in [-0.2, 0) is 37.6 Å². The van der Waals surface area contributed by atoms with E-state index in [0.29, 0.717) is 17.3 Å². The second kappa shape index (κ2) is 14.9. The second-order valence-corrected chi connectivity index (χ2v) is 13.5. The summed E-state index contributed by atoms with van der Waals surface area (Å²) in [5, 5.41) is 57.8. The van der Waals surface area contributed by atoms with Crippen molar-refractivity contribution in [2.24, 2.45) is 5.73 Å². The van der Waals surface area contributed by atoms with Gasteiger partial charge in [-0.2, -0.15) is 0 Å². The molecule has 4 atom stereocenters. The van der Waals surface area contributed by atoms with Crippen LogP contribution >= 0.6 is 0 Å². The largest absolute Gasteiger partial charge is 0.507 e. The fourth-order valence-corrected chi connectivity index (χ4v) is 8.25. The standard InChI is InChI=1S/C23H28N2O4.C10H16N2O8/c1-25(14-16-5-4-12-29-16)11-10-22-8-2-3-9-23(22,28)18(25)13-15-6-7-17(21(24)27)20(26)19(15)22;13-7(14)3-11(4-8(15)16)1-2-12(5-9(17)18)6-10(19)20/h4-7,12,18,28H,2-3,8-11,13-14H2,1H3,(H2-,24,26,27);1-6H2,(H,13,14)(H,15,16)(H,17,18)(H,19,20)/p+1/t18-,22+,23-,25?;/m1./s1. The van der Waals surface area contributed by atoms with Crippen LogP contribution in [0.2, 0.25) is 0 Å². The van der Waals surface area contributed by atoms with Crippen LogP contribution in [-0.4, -0.2) is 139 Å². The van der Waals surface area contributed by atoms with Gasteiger partial charge < -0.3 is 45.3 Å². The molecule has 2 aliphatic carbocycles. The molecule has 0 radical (unpaired) electrons. The Morgan fingerprint density at radius 2 is 1.43 bits per heavy atom. The maximum atomic E-state index is 12.3. The van der Waals surface area contributed by atoms with E-state index in [-0.39, 0.29) is 30.4 Å². The fourth-order valence-electron chi connectivity index (χ4n) is 8.25. The van der Waals surface area contributed by atoms with E-state index < -0.39 is 67.0 Å². The number of quaternary nitrogens is 1. The van der Waals surface area contributed by atoms with Crippen LogP contribution in [0.1, 0.15) is 59.3 Å². The van der Waals surface area contributed by atoms with Crippen molar-refractivity contribution in [3.8, 4) is 5.75 Å². The number of nitrogens with two attached hydrogens (primary N) is 1. The summed E-state index contributed by atoms with van der Waals surface area (Å²) in [6.45, 7) is -0.635. The van der Waals surface area contributed by atoms with Gasteiger partial charge in [0.2, 0.25) is 0 Å². The molecule has 1 saturated carbocycles. The van der Waals surface area contributed by atoms with Crippen LogP contribution in [0.15, 0.2) is 34.9 Å². The molecule has 3 aliphatic rings. The average Bonchev–Trinajstić information content (AvgIpc) is 3.49. The first-order valence-corrected chi connectivity index (χ1v) is 16.1. The lowest BCUT2D eigenvalue weighted by atomic mass is 9.48. The Labute approximate surface area is 282 Å². The summed E-state index contributed by atoms with van der Waals surface area (Å²) in [5.74, 6) is -4.63. The third-order valence-electron chi connectivity index (χ3n) is 10.3. The number of aromatic hydroxyl groups is 1. The van der Waals surface area contributed by atoms with E-state index in [2.05, 4.69) is 7.05 Å². The number of aliphatic carboxylic acids is 4. The van der Waals surface area contributed by atoms with Crippen molar-refractivity contribution in [2.75, 3.05) is 52.9 Å². The van der Waals surface area contributed by atoms with Gasteiger partial charge in [0.15, 0.2) is 5.76 Å². The van der Waals surface area contributed by atoms with Crippen LogP contribution in [0.25, 0.3) is 0 Å². The van der Waals surface area contributed by atoms with Crippen LogP contribution in [0.3, 0.4) is 0 Å². The van der Waals surface area contributed by atoms with Crippen molar-refractivity contribution in [2.45, 2.75) is 62.1 Å². The number of benzene rings is 1. The monoisotopic (exact) mass is 689 g/mol. The van der Waals surface area contributed by atoms with Gasteiger partial charge in [-0.1, -0.05) is 18.9 Å². The molecule has 1 amide bonds. The van der Waals surface area contributed by atoms with E-state index in [1.165, 1.54) is 0 Å². The molecule has 1 aromatic heterocycles. The van der Waals surface area contributed by atoms with Crippen molar-refractivity contribution in [1.82, 2.24) is 9.80 Å². The Kier molecular flexibility index (Phi) is 11.4. The number of hydrogen-bond donors (Lipinski definition) is 7. The maximum Gasteiger partial charge on any atom is 0.317 e. The molecule has 2 bridgehead atoms. The molecule has 2 aromatic rings. The Balaban J connectivity index is 0.000000240. The first-order valence-electron chi connectivity index (χ1n) is 16.1. The molecule has 1 saturated heterocycles. The highest BCUT2D eigenvalue weighted by molar-refractivity contribution is 5.96. The summed E-state index contributed by atoms with van der Waals surface area (Å²) in [7, 11) is 2.21. The first kappa shape index (κ1) is 37.3. The lowest BCUT2D eigenvalue weighted by Crippen LogP contribution is -2.77. The summed E-state index contributed by atoms with van der Waals surface area (Å²) in [5.41, 5.74) is 6.03. The van der Waals surface area contributed by atoms with Crippen molar-refractivity contribution in [3.05, 3.63) is 53.0 Å². The van der Waals surface area contributed by atoms with Gasteiger partial charge in [0, 0.05) is 36.9 Å². The number of primary amides is 1. The average molecular weight is 690 g/mol. The number of carboxylic acids is 4. The highest BCUT2D eigenvalue weighted by Gasteiger charge is 2.68. The number of piperidine rings is 1. The number of amides is 1. The van der Waals surface area contributed by atoms with Crippen molar-refractivity contribution in [1.29, 1.82) is 0 Å². The topological polar surface area (TPSA) is 252 Å². The maximum absolute atomic E-state index is 12.3. The molecule has 1 aromatic carbocycles. The molecule has 1 unspecified atom stereocenters. The molecule has 16 heteroatoms. The van der Waals surface area contributed by atoms with E-state index in [1.54, 1.807) is 12.3 Å².